The average Bonchev–Trinajstić information content (AvgIpc) is 1.83. The van der Waals surface area contributed by atoms with Crippen LogP contribution in [-0.4, -0.2) is 23.9 Å². The first-order valence-corrected chi connectivity index (χ1v) is 4.00. The Balaban J connectivity index is 2.74. The van der Waals surface area contributed by atoms with Crippen LogP contribution in [0.15, 0.2) is 0 Å². The maximum absolute atomic E-state index is 10.9. The van der Waals surface area contributed by atoms with E-state index < -0.39 is 11.7 Å². The van der Waals surface area contributed by atoms with Crippen LogP contribution in [0.1, 0.15) is 27.2 Å². The molecule has 0 aromatic rings. The summed E-state index contributed by atoms with van der Waals surface area (Å²) in [5.41, 5.74) is 4.80. The predicted molar refractivity (Wildman–Crippen MR) is 43.3 cm³/mol. The third-order valence-corrected chi connectivity index (χ3v) is 2.00. The molecule has 1 unspecified atom stereocenters. The van der Waals surface area contributed by atoms with Gasteiger partial charge in [-0.05, 0) is 27.2 Å². The molecule has 1 fully saturated rings. The largest absolute Gasteiger partial charge is 0.365 e. The highest BCUT2D eigenvalue weighted by atomic mass is 16.7. The Labute approximate surface area is 72.0 Å². The van der Waals surface area contributed by atoms with Crippen molar-refractivity contribution < 1.29 is 14.3 Å². The molecule has 1 heterocycles. The Morgan fingerprint density at radius 3 is 2.33 bits per heavy atom. The summed E-state index contributed by atoms with van der Waals surface area (Å²) in [6.07, 6.45) is 0.774. The smallest absolute Gasteiger partial charge is 0.277 e. The van der Waals surface area contributed by atoms with Gasteiger partial charge in [-0.3, -0.25) is 4.79 Å². The molecule has 1 aliphatic rings. The summed E-state index contributed by atoms with van der Waals surface area (Å²) >= 11 is 0. The maximum atomic E-state index is 10.9. The lowest BCUT2D eigenvalue weighted by molar-refractivity contribution is -0.292. The van der Waals surface area contributed by atoms with E-state index in [1.807, 2.05) is 13.8 Å². The van der Waals surface area contributed by atoms with Crippen LogP contribution in [0.4, 0.5) is 0 Å². The molecule has 0 saturated carbocycles. The number of primary amides is 1. The van der Waals surface area contributed by atoms with E-state index in [4.69, 9.17) is 15.2 Å². The summed E-state index contributed by atoms with van der Waals surface area (Å²) in [6.45, 7) is 5.89. The Morgan fingerprint density at radius 2 is 2.00 bits per heavy atom. The van der Waals surface area contributed by atoms with Gasteiger partial charge in [0.1, 0.15) is 0 Å². The standard InChI is InChI=1S/C8H15NO3/c1-7(2)4-5-11-8(3,12-7)6(9)10/h4-5H2,1-3H3,(H2,9,10). The minimum atomic E-state index is -1.25. The van der Waals surface area contributed by atoms with Gasteiger partial charge in [0.2, 0.25) is 5.79 Å². The van der Waals surface area contributed by atoms with E-state index in [-0.39, 0.29) is 5.60 Å². The molecular formula is C8H15NO3. The van der Waals surface area contributed by atoms with E-state index in [9.17, 15) is 4.79 Å². The SMILES string of the molecule is CC1(C)CCOC(C)(C(N)=O)O1. The van der Waals surface area contributed by atoms with Crippen molar-refractivity contribution in [2.75, 3.05) is 6.61 Å². The zero-order valence-corrected chi connectivity index (χ0v) is 7.72. The van der Waals surface area contributed by atoms with Gasteiger partial charge >= 0.3 is 0 Å². The number of ether oxygens (including phenoxy) is 2. The van der Waals surface area contributed by atoms with Crippen LogP contribution in [0, 0.1) is 0 Å². The van der Waals surface area contributed by atoms with Gasteiger partial charge in [-0.25, -0.2) is 0 Å². The summed E-state index contributed by atoms with van der Waals surface area (Å²) in [7, 11) is 0. The highest BCUT2D eigenvalue weighted by Crippen LogP contribution is 2.29. The lowest BCUT2D eigenvalue weighted by atomic mass is 10.0. The first-order valence-electron chi connectivity index (χ1n) is 4.00. The van der Waals surface area contributed by atoms with Gasteiger partial charge in [-0.2, -0.15) is 0 Å². The molecule has 1 aliphatic heterocycles. The van der Waals surface area contributed by atoms with E-state index in [1.54, 1.807) is 6.92 Å². The first kappa shape index (κ1) is 9.48. The fourth-order valence-electron chi connectivity index (χ4n) is 1.22. The van der Waals surface area contributed by atoms with Gasteiger partial charge in [0.05, 0.1) is 12.2 Å². The Kier molecular flexibility index (Phi) is 2.14. The summed E-state index contributed by atoms with van der Waals surface area (Å²) in [6, 6.07) is 0. The Morgan fingerprint density at radius 1 is 1.42 bits per heavy atom. The summed E-state index contributed by atoms with van der Waals surface area (Å²) in [5.74, 6) is -1.82. The van der Waals surface area contributed by atoms with E-state index in [0.29, 0.717) is 6.61 Å². The zero-order valence-electron chi connectivity index (χ0n) is 7.72. The second-order valence-electron chi connectivity index (χ2n) is 3.77. The molecule has 0 radical (unpaired) electrons. The molecule has 4 heteroatoms. The molecule has 0 aliphatic carbocycles. The third-order valence-electron chi connectivity index (χ3n) is 2.00. The maximum Gasteiger partial charge on any atom is 0.277 e. The van der Waals surface area contributed by atoms with E-state index >= 15 is 0 Å². The number of carbonyl (C=O) groups excluding carboxylic acids is 1. The van der Waals surface area contributed by atoms with Gasteiger partial charge in [-0.15, -0.1) is 0 Å². The van der Waals surface area contributed by atoms with Crippen molar-refractivity contribution in [2.45, 2.75) is 38.6 Å². The fraction of sp³-hybridized carbons (Fsp3) is 0.875. The summed E-state index contributed by atoms with van der Waals surface area (Å²) in [4.78, 5) is 10.9. The molecular weight excluding hydrogens is 158 g/mol. The van der Waals surface area contributed by atoms with Gasteiger partial charge < -0.3 is 15.2 Å². The van der Waals surface area contributed by atoms with Crippen molar-refractivity contribution in [3.05, 3.63) is 0 Å². The number of amides is 1. The van der Waals surface area contributed by atoms with Gasteiger partial charge in [0.15, 0.2) is 0 Å². The number of carbonyl (C=O) groups is 1. The van der Waals surface area contributed by atoms with E-state index in [2.05, 4.69) is 0 Å². The summed E-state index contributed by atoms with van der Waals surface area (Å²) < 4.78 is 10.6. The Bertz CT molecular complexity index is 202. The van der Waals surface area contributed by atoms with Crippen LogP contribution >= 0.6 is 0 Å². The first-order chi connectivity index (χ1) is 5.36. The Hall–Kier alpha value is -0.610. The molecule has 1 saturated heterocycles. The number of hydrogen-bond acceptors (Lipinski definition) is 3. The van der Waals surface area contributed by atoms with Crippen molar-refractivity contribution in [3.63, 3.8) is 0 Å². The normalized spacial score (nSPS) is 34.6. The fourth-order valence-corrected chi connectivity index (χ4v) is 1.22. The molecule has 70 valence electrons. The van der Waals surface area contributed by atoms with Crippen molar-refractivity contribution in [1.82, 2.24) is 0 Å². The third kappa shape index (κ3) is 1.76. The molecule has 4 nitrogen and oxygen atoms in total. The highest BCUT2D eigenvalue weighted by Gasteiger charge is 2.42. The predicted octanol–water partition coefficient (Wildman–Crippen LogP) is 0.403. The average molecular weight is 173 g/mol. The second-order valence-corrected chi connectivity index (χ2v) is 3.77. The van der Waals surface area contributed by atoms with Crippen molar-refractivity contribution >= 4 is 5.91 Å². The minimum absolute atomic E-state index is 0.331. The molecule has 0 spiro atoms. The summed E-state index contributed by atoms with van der Waals surface area (Å²) in [5, 5.41) is 0. The van der Waals surface area contributed by atoms with Gasteiger partial charge in [0, 0.05) is 0 Å². The van der Waals surface area contributed by atoms with E-state index in [1.165, 1.54) is 0 Å². The highest BCUT2D eigenvalue weighted by molar-refractivity contribution is 5.81. The van der Waals surface area contributed by atoms with Crippen LogP contribution in [0.5, 0.6) is 0 Å². The lowest BCUT2D eigenvalue weighted by Gasteiger charge is -2.40. The van der Waals surface area contributed by atoms with Crippen LogP contribution in [0.3, 0.4) is 0 Å². The van der Waals surface area contributed by atoms with Crippen LogP contribution < -0.4 is 5.73 Å². The second kappa shape index (κ2) is 2.71. The van der Waals surface area contributed by atoms with Gasteiger partial charge in [-0.1, -0.05) is 0 Å². The topological polar surface area (TPSA) is 61.5 Å². The van der Waals surface area contributed by atoms with Crippen molar-refractivity contribution in [3.8, 4) is 0 Å². The van der Waals surface area contributed by atoms with Crippen molar-refractivity contribution in [2.24, 2.45) is 5.73 Å². The minimum Gasteiger partial charge on any atom is -0.365 e. The zero-order chi connectivity index (χ0) is 9.41. The molecule has 1 rings (SSSR count). The molecule has 0 aromatic carbocycles. The van der Waals surface area contributed by atoms with E-state index in [0.717, 1.165) is 6.42 Å². The quantitative estimate of drug-likeness (QED) is 0.624. The molecule has 1 atom stereocenters. The lowest BCUT2D eigenvalue weighted by Crippen LogP contribution is -2.54. The monoisotopic (exact) mass is 173 g/mol. The van der Waals surface area contributed by atoms with Crippen LogP contribution in [0.2, 0.25) is 0 Å². The molecule has 0 bridgehead atoms. The molecule has 2 N–H and O–H groups in total. The number of rotatable bonds is 1. The number of hydrogen-bond donors (Lipinski definition) is 1. The van der Waals surface area contributed by atoms with Gasteiger partial charge in [0.25, 0.3) is 5.91 Å². The van der Waals surface area contributed by atoms with Crippen LogP contribution in [0.25, 0.3) is 0 Å². The number of nitrogens with two attached hydrogens (primary N) is 1. The molecule has 12 heavy (non-hydrogen) atoms. The van der Waals surface area contributed by atoms with Crippen molar-refractivity contribution in [1.29, 1.82) is 0 Å². The molecule has 1 amide bonds. The van der Waals surface area contributed by atoms with Crippen LogP contribution in [-0.2, 0) is 14.3 Å². The molecule has 0 aromatic heterocycles.